The molecule has 0 saturated carbocycles. The maximum atomic E-state index is 10.0. The summed E-state index contributed by atoms with van der Waals surface area (Å²) in [7, 11) is 17.9. The van der Waals surface area contributed by atoms with Crippen molar-refractivity contribution in [3.05, 3.63) is 0 Å². The second-order valence-corrected chi connectivity index (χ2v) is 17.4. The molecule has 1 N–H and O–H groups in total. The SMILES string of the molecule is COCC(CO)(COC)COCCOCC(COCCOCC(COC)(COC)COC)OCCOC(COCCOCC(COC)(COC)COC)COCCOCC(COC)(COC)COC. The summed E-state index contributed by atoms with van der Waals surface area (Å²) in [5.74, 6) is 0. The van der Waals surface area contributed by atoms with Gasteiger partial charge in [0.2, 0.25) is 0 Å². The van der Waals surface area contributed by atoms with Gasteiger partial charge in [0.15, 0.2) is 0 Å². The van der Waals surface area contributed by atoms with Crippen molar-refractivity contribution >= 4 is 0 Å². The van der Waals surface area contributed by atoms with Gasteiger partial charge in [-0.15, -0.1) is 0 Å². The van der Waals surface area contributed by atoms with Gasteiger partial charge >= 0.3 is 0 Å². The second kappa shape index (κ2) is 45.7. The highest BCUT2D eigenvalue weighted by molar-refractivity contribution is 4.81. The fourth-order valence-electron chi connectivity index (χ4n) is 7.58. The molecule has 416 valence electrons. The van der Waals surface area contributed by atoms with E-state index in [2.05, 4.69) is 0 Å². The van der Waals surface area contributed by atoms with E-state index < -0.39 is 33.9 Å². The molecule has 0 amide bonds. The highest BCUT2D eigenvalue weighted by atomic mass is 16.6. The Morgan fingerprint density at radius 1 is 0.246 bits per heavy atom. The lowest BCUT2D eigenvalue weighted by molar-refractivity contribution is -0.119. The van der Waals surface area contributed by atoms with Crippen LogP contribution in [0.5, 0.6) is 0 Å². The fraction of sp³-hybridized carbons (Fsp3) is 1.00. The van der Waals surface area contributed by atoms with Crippen LogP contribution in [0, 0.1) is 21.7 Å². The molecular formula is C47H96O22. The van der Waals surface area contributed by atoms with Gasteiger partial charge in [-0.05, 0) is 0 Å². The predicted octanol–water partition coefficient (Wildman–Crippen LogP) is 0.938. The topological polar surface area (TPSA) is 214 Å². The van der Waals surface area contributed by atoms with Crippen molar-refractivity contribution in [1.29, 1.82) is 0 Å². The summed E-state index contributed by atoms with van der Waals surface area (Å²) in [5, 5.41) is 10.0. The van der Waals surface area contributed by atoms with Gasteiger partial charge in [0, 0.05) is 78.2 Å². The van der Waals surface area contributed by atoms with Crippen LogP contribution in [0.4, 0.5) is 0 Å². The van der Waals surface area contributed by atoms with Crippen LogP contribution in [0.1, 0.15) is 0 Å². The van der Waals surface area contributed by atoms with Crippen LogP contribution in [0.25, 0.3) is 0 Å². The Morgan fingerprint density at radius 2 is 0.435 bits per heavy atom. The first-order valence-corrected chi connectivity index (χ1v) is 23.4. The molecule has 0 spiro atoms. The molecule has 0 fully saturated rings. The van der Waals surface area contributed by atoms with E-state index in [0.717, 1.165) is 0 Å². The Morgan fingerprint density at radius 3 is 0.638 bits per heavy atom. The summed E-state index contributed by atoms with van der Waals surface area (Å²) in [4.78, 5) is 0. The van der Waals surface area contributed by atoms with E-state index in [-0.39, 0.29) is 79.3 Å². The number of methoxy groups -OCH3 is 11. The van der Waals surface area contributed by atoms with Crippen molar-refractivity contribution < 1.29 is 105 Å². The zero-order valence-electron chi connectivity index (χ0n) is 44.4. The third-order valence-corrected chi connectivity index (χ3v) is 10.4. The maximum Gasteiger partial charge on any atom is 0.104 e. The largest absolute Gasteiger partial charge is 0.396 e. The molecule has 0 aromatic carbocycles. The van der Waals surface area contributed by atoms with Crippen LogP contribution >= 0.6 is 0 Å². The monoisotopic (exact) mass is 1010 g/mol. The molecule has 0 aromatic rings. The van der Waals surface area contributed by atoms with Gasteiger partial charge in [-0.2, -0.15) is 0 Å². The summed E-state index contributed by atoms with van der Waals surface area (Å²) in [6, 6.07) is 0. The minimum absolute atomic E-state index is 0.149. The van der Waals surface area contributed by atoms with Crippen LogP contribution in [-0.2, 0) is 99.5 Å². The molecule has 0 saturated heterocycles. The summed E-state index contributed by atoms with van der Waals surface area (Å²) in [5.41, 5.74) is -2.01. The zero-order chi connectivity index (χ0) is 51.2. The lowest BCUT2D eigenvalue weighted by Gasteiger charge is -2.31. The van der Waals surface area contributed by atoms with Gasteiger partial charge in [0.1, 0.15) is 12.2 Å². The molecule has 0 aliphatic heterocycles. The minimum atomic E-state index is -0.673. The van der Waals surface area contributed by atoms with Crippen LogP contribution in [0.15, 0.2) is 0 Å². The average molecular weight is 1010 g/mol. The first-order valence-electron chi connectivity index (χ1n) is 23.4. The summed E-state index contributed by atoms with van der Waals surface area (Å²) in [6.07, 6.45) is -0.869. The molecule has 1 atom stereocenters. The second-order valence-electron chi connectivity index (χ2n) is 17.4. The minimum Gasteiger partial charge on any atom is -0.396 e. The third kappa shape index (κ3) is 32.8. The Bertz CT molecular complexity index is 986. The molecule has 22 heteroatoms. The van der Waals surface area contributed by atoms with Crippen LogP contribution < -0.4 is 0 Å². The predicted molar refractivity (Wildman–Crippen MR) is 253 cm³/mol. The van der Waals surface area contributed by atoms with Crippen molar-refractivity contribution in [3.63, 3.8) is 0 Å². The Labute approximate surface area is 414 Å². The first-order chi connectivity index (χ1) is 33.6. The Balaban J connectivity index is 5.57. The highest BCUT2D eigenvalue weighted by Crippen LogP contribution is 2.22. The number of aliphatic hydroxyl groups excluding tert-OH is 1. The molecule has 0 rings (SSSR count). The van der Waals surface area contributed by atoms with Gasteiger partial charge in [-0.1, -0.05) is 0 Å². The summed E-state index contributed by atoms with van der Waals surface area (Å²) < 4.78 is 120. The molecular weight excluding hydrogens is 916 g/mol. The van der Waals surface area contributed by atoms with E-state index in [4.69, 9.17) is 99.5 Å². The molecule has 0 aromatic heterocycles. The van der Waals surface area contributed by atoms with Crippen molar-refractivity contribution in [2.75, 3.05) is 276 Å². The van der Waals surface area contributed by atoms with Crippen LogP contribution in [0.3, 0.4) is 0 Å². The van der Waals surface area contributed by atoms with E-state index in [1.807, 2.05) is 0 Å². The number of ether oxygens (including phenoxy) is 21. The Kier molecular flexibility index (Phi) is 45.1. The smallest absolute Gasteiger partial charge is 0.104 e. The van der Waals surface area contributed by atoms with Crippen molar-refractivity contribution in [2.45, 2.75) is 12.2 Å². The van der Waals surface area contributed by atoms with Crippen molar-refractivity contribution in [2.24, 2.45) is 21.7 Å². The van der Waals surface area contributed by atoms with Gasteiger partial charge in [0.05, 0.1) is 220 Å². The van der Waals surface area contributed by atoms with Gasteiger partial charge < -0.3 is 105 Å². The van der Waals surface area contributed by atoms with Crippen molar-refractivity contribution in [1.82, 2.24) is 0 Å². The molecule has 0 bridgehead atoms. The van der Waals surface area contributed by atoms with E-state index in [1.165, 1.54) is 0 Å². The summed E-state index contributed by atoms with van der Waals surface area (Å²) in [6.45, 7) is 9.42. The van der Waals surface area contributed by atoms with Gasteiger partial charge in [-0.25, -0.2) is 0 Å². The number of aliphatic hydroxyl groups is 1. The van der Waals surface area contributed by atoms with E-state index in [9.17, 15) is 5.11 Å². The number of rotatable bonds is 56. The van der Waals surface area contributed by atoms with Gasteiger partial charge in [-0.3, -0.25) is 0 Å². The fourth-order valence-corrected chi connectivity index (χ4v) is 7.58. The van der Waals surface area contributed by atoms with Gasteiger partial charge in [0.25, 0.3) is 0 Å². The molecule has 0 aliphatic rings. The third-order valence-electron chi connectivity index (χ3n) is 10.4. The van der Waals surface area contributed by atoms with E-state index in [0.29, 0.717) is 119 Å². The highest BCUT2D eigenvalue weighted by Gasteiger charge is 2.34. The zero-order valence-corrected chi connectivity index (χ0v) is 44.4. The summed E-state index contributed by atoms with van der Waals surface area (Å²) >= 11 is 0. The maximum absolute atomic E-state index is 10.0. The van der Waals surface area contributed by atoms with E-state index in [1.54, 1.807) is 78.2 Å². The Hall–Kier alpha value is -0.880. The lowest BCUT2D eigenvalue weighted by Crippen LogP contribution is -2.41. The quantitative estimate of drug-likeness (QED) is 0.0840. The average Bonchev–Trinajstić information content (AvgIpc) is 3.32. The van der Waals surface area contributed by atoms with Crippen LogP contribution in [0.2, 0.25) is 0 Å². The normalized spacial score (nSPS) is 13.3. The molecule has 0 aliphatic carbocycles. The number of hydrogen-bond donors (Lipinski definition) is 1. The van der Waals surface area contributed by atoms with Crippen molar-refractivity contribution in [3.8, 4) is 0 Å². The standard InChI is InChI=1S/C47H96O22/c1-49-27-44(26-48,28-50-2)38-64-16-12-60-22-42(23-61-13-17-65-39-45(29-51-3,30-52-4)31-53-5)68-20-21-69-43(24-62-14-18-66-40-46(32-54-6,33-55-7)34-56-8)25-63-15-19-67-41-47(35-57-9,36-58-10)37-59-11/h42-43,48H,12-41H2,1-11H3. The van der Waals surface area contributed by atoms with E-state index >= 15 is 0 Å². The molecule has 1 unspecified atom stereocenters. The van der Waals surface area contributed by atoms with Crippen LogP contribution in [-0.4, -0.2) is 294 Å². The molecule has 22 nitrogen and oxygen atoms in total. The first kappa shape index (κ1) is 68.1. The molecule has 69 heavy (non-hydrogen) atoms. The molecule has 0 heterocycles. The number of hydrogen-bond acceptors (Lipinski definition) is 22. The molecule has 0 radical (unpaired) electrons. The lowest BCUT2D eigenvalue weighted by atomic mass is 9.92.